The predicted octanol–water partition coefficient (Wildman–Crippen LogP) is 2.34. The van der Waals surface area contributed by atoms with E-state index in [0.717, 1.165) is 4.68 Å². The highest BCUT2D eigenvalue weighted by atomic mass is 79.9. The van der Waals surface area contributed by atoms with Crippen LogP contribution in [-0.4, -0.2) is 99.6 Å². The van der Waals surface area contributed by atoms with Crippen LogP contribution in [0.4, 0.5) is 14.5 Å². The second kappa shape index (κ2) is 12.8. The minimum Gasteiger partial charge on any atom is -0.394 e. The Bertz CT molecular complexity index is 1450. The topological polar surface area (TPSA) is 142 Å². The Balaban J connectivity index is 1.55. The van der Waals surface area contributed by atoms with Crippen molar-refractivity contribution in [1.82, 2.24) is 20.3 Å². The van der Waals surface area contributed by atoms with Gasteiger partial charge in [-0.2, -0.15) is 0 Å². The van der Waals surface area contributed by atoms with Gasteiger partial charge in [-0.05, 0) is 46.3 Å². The van der Waals surface area contributed by atoms with E-state index in [2.05, 4.69) is 31.6 Å². The second-order valence-electron chi connectivity index (χ2n) is 9.89. The summed E-state index contributed by atoms with van der Waals surface area (Å²) in [6.07, 6.45) is -5.09. The zero-order valence-electron chi connectivity index (χ0n) is 21.9. The third kappa shape index (κ3) is 5.79. The monoisotopic (exact) mass is 691 g/mol. The Morgan fingerprint density at radius 1 is 1.21 bits per heavy atom. The first kappa shape index (κ1) is 31.2. The van der Waals surface area contributed by atoms with Crippen LogP contribution in [0.15, 0.2) is 41.0 Å². The molecule has 0 spiro atoms. The summed E-state index contributed by atoms with van der Waals surface area (Å²) < 4.78 is 41.6. The van der Waals surface area contributed by atoms with Gasteiger partial charge in [0.05, 0.1) is 29.4 Å². The lowest BCUT2D eigenvalue weighted by Crippen LogP contribution is -2.63. The number of aromatic nitrogens is 3. The summed E-state index contributed by atoms with van der Waals surface area (Å²) in [4.78, 5) is 15.6. The van der Waals surface area contributed by atoms with Gasteiger partial charge in [0, 0.05) is 41.5 Å². The smallest absolute Gasteiger partial charge is 0.259 e. The number of aliphatic hydroxyl groups excluding tert-OH is 3. The van der Waals surface area contributed by atoms with Gasteiger partial charge in [0.2, 0.25) is 0 Å². The average Bonchev–Trinajstić information content (AvgIpc) is 3.60. The van der Waals surface area contributed by atoms with Crippen LogP contribution in [0.25, 0.3) is 11.3 Å². The zero-order chi connectivity index (χ0) is 30.3. The fraction of sp³-hybridized carbons (Fsp3) is 0.423. The number of carbonyl (C=O) groups excluding carboxylic acids is 1. The molecular weight excluding hydrogens is 667 g/mol. The SMILES string of the molecule is CO[C@@H]1[C@@H](n2cc(-c3ccc(Br)c(F)c3F)nn2)[C@@H](O)[C@@H](CO)O[C@H]1C(=O)N(c1cc(Cl)cc(Cl)c1)[C@H]1CNC[C@@H]1O. The molecule has 0 unspecified atom stereocenters. The Labute approximate surface area is 257 Å². The highest BCUT2D eigenvalue weighted by Gasteiger charge is 2.52. The van der Waals surface area contributed by atoms with E-state index in [4.69, 9.17) is 32.7 Å². The molecule has 3 aromatic rings. The summed E-state index contributed by atoms with van der Waals surface area (Å²) >= 11 is 15.4. The quantitative estimate of drug-likeness (QED) is 0.275. The van der Waals surface area contributed by atoms with Crippen molar-refractivity contribution in [2.24, 2.45) is 0 Å². The lowest BCUT2D eigenvalue weighted by molar-refractivity contribution is -0.211. The number of halogens is 5. The second-order valence-corrected chi connectivity index (χ2v) is 11.6. The van der Waals surface area contributed by atoms with E-state index < -0.39 is 66.8 Å². The largest absolute Gasteiger partial charge is 0.394 e. The van der Waals surface area contributed by atoms with E-state index in [1.807, 2.05) is 0 Å². The molecule has 5 rings (SSSR count). The van der Waals surface area contributed by atoms with E-state index in [0.29, 0.717) is 0 Å². The molecule has 3 heterocycles. The molecule has 0 radical (unpaired) electrons. The lowest BCUT2D eigenvalue weighted by atomic mass is 9.91. The molecule has 7 atom stereocenters. The third-order valence-electron chi connectivity index (χ3n) is 7.36. The highest BCUT2D eigenvalue weighted by molar-refractivity contribution is 9.10. The first-order chi connectivity index (χ1) is 20.0. The number of hydrogen-bond acceptors (Lipinski definition) is 9. The van der Waals surface area contributed by atoms with Gasteiger partial charge in [-0.25, -0.2) is 13.5 Å². The van der Waals surface area contributed by atoms with Crippen LogP contribution in [0.5, 0.6) is 0 Å². The first-order valence-corrected chi connectivity index (χ1v) is 14.3. The fourth-order valence-electron chi connectivity index (χ4n) is 5.34. The van der Waals surface area contributed by atoms with Crippen LogP contribution in [0, 0.1) is 11.6 Å². The molecule has 2 saturated heterocycles. The van der Waals surface area contributed by atoms with Gasteiger partial charge in [-0.3, -0.25) is 4.79 Å². The van der Waals surface area contributed by atoms with Gasteiger partial charge >= 0.3 is 0 Å². The Morgan fingerprint density at radius 3 is 2.55 bits per heavy atom. The predicted molar refractivity (Wildman–Crippen MR) is 151 cm³/mol. The van der Waals surface area contributed by atoms with Gasteiger partial charge in [0.15, 0.2) is 17.7 Å². The number of anilines is 1. The Hall–Kier alpha value is -2.27. The van der Waals surface area contributed by atoms with E-state index in [-0.39, 0.29) is 44.6 Å². The van der Waals surface area contributed by atoms with Crippen molar-refractivity contribution in [1.29, 1.82) is 0 Å². The van der Waals surface area contributed by atoms with Crippen molar-refractivity contribution in [2.75, 3.05) is 31.7 Å². The molecule has 16 heteroatoms. The molecule has 0 aliphatic carbocycles. The molecule has 2 fully saturated rings. The van der Waals surface area contributed by atoms with Crippen molar-refractivity contribution < 1.29 is 38.4 Å². The molecule has 2 aliphatic heterocycles. The summed E-state index contributed by atoms with van der Waals surface area (Å²) in [5, 5.41) is 43.4. The molecule has 1 amide bonds. The molecule has 2 aromatic carbocycles. The number of hydrogen-bond donors (Lipinski definition) is 4. The number of β-amino-alcohol motifs (C(OH)–C–C–N with tert-alkyl or cyclic N) is 1. The molecule has 226 valence electrons. The number of nitrogens with zero attached hydrogens (tertiary/aromatic N) is 4. The third-order valence-corrected chi connectivity index (χ3v) is 8.40. The Morgan fingerprint density at radius 2 is 1.93 bits per heavy atom. The lowest BCUT2D eigenvalue weighted by Gasteiger charge is -2.45. The maximum Gasteiger partial charge on any atom is 0.259 e. The van der Waals surface area contributed by atoms with Gasteiger partial charge in [0.25, 0.3) is 5.91 Å². The molecule has 0 bridgehead atoms. The first-order valence-electron chi connectivity index (χ1n) is 12.8. The number of benzene rings is 2. The summed E-state index contributed by atoms with van der Waals surface area (Å²) in [6, 6.07) is 5.20. The minimum atomic E-state index is -1.46. The molecule has 11 nitrogen and oxygen atoms in total. The van der Waals surface area contributed by atoms with Crippen LogP contribution in [0.3, 0.4) is 0 Å². The number of methoxy groups -OCH3 is 1. The van der Waals surface area contributed by atoms with E-state index >= 15 is 0 Å². The molecule has 1 aromatic heterocycles. The standard InChI is InChI=1S/C26H26BrCl2F2N5O6/c1-41-24-22(35-9-16(33-34-35)14-2-3-15(27)21(31)20(14)30)23(39)19(10-37)42-25(24)26(40)36(17-7-32-8-18(17)38)13-5-11(28)4-12(29)6-13/h2-6,9,17-19,22-25,32,37-39H,7-8,10H2,1H3/t17-,18-,19+,22-,23-,24+,25+/m0/s1. The maximum absolute atomic E-state index is 14.7. The summed E-state index contributed by atoms with van der Waals surface area (Å²) in [5.74, 6) is -2.95. The molecule has 0 saturated carbocycles. The number of amides is 1. The minimum absolute atomic E-state index is 0.0498. The van der Waals surface area contributed by atoms with E-state index in [1.54, 1.807) is 0 Å². The number of carbonyl (C=O) groups is 1. The van der Waals surface area contributed by atoms with Crippen molar-refractivity contribution in [3.8, 4) is 11.3 Å². The zero-order valence-corrected chi connectivity index (χ0v) is 25.0. The number of rotatable bonds is 7. The number of nitrogens with one attached hydrogen (secondary N) is 1. The van der Waals surface area contributed by atoms with Crippen molar-refractivity contribution in [2.45, 2.75) is 42.6 Å². The van der Waals surface area contributed by atoms with Gasteiger partial charge < -0.3 is 35.0 Å². The maximum atomic E-state index is 14.7. The van der Waals surface area contributed by atoms with E-state index in [9.17, 15) is 28.9 Å². The van der Waals surface area contributed by atoms with Crippen LogP contribution in [0.2, 0.25) is 10.0 Å². The molecular formula is C26H26BrCl2F2N5O6. The summed E-state index contributed by atoms with van der Waals surface area (Å²) in [5.41, 5.74) is 0.0458. The van der Waals surface area contributed by atoms with Crippen LogP contribution in [0.1, 0.15) is 6.04 Å². The van der Waals surface area contributed by atoms with Crippen LogP contribution < -0.4 is 10.2 Å². The van der Waals surface area contributed by atoms with Crippen molar-refractivity contribution in [3.05, 3.63) is 62.7 Å². The summed E-state index contributed by atoms with van der Waals surface area (Å²) in [6.45, 7) is -0.223. The van der Waals surface area contributed by atoms with Crippen molar-refractivity contribution in [3.63, 3.8) is 0 Å². The average molecular weight is 693 g/mol. The van der Waals surface area contributed by atoms with Crippen LogP contribution in [-0.2, 0) is 14.3 Å². The molecule has 2 aliphatic rings. The number of aliphatic hydroxyl groups is 3. The summed E-state index contributed by atoms with van der Waals surface area (Å²) in [7, 11) is 1.29. The van der Waals surface area contributed by atoms with Gasteiger partial charge in [-0.1, -0.05) is 28.4 Å². The highest BCUT2D eigenvalue weighted by Crippen LogP contribution is 2.36. The van der Waals surface area contributed by atoms with Crippen LogP contribution >= 0.6 is 39.1 Å². The molecule has 4 N–H and O–H groups in total. The van der Waals surface area contributed by atoms with Crippen molar-refractivity contribution >= 4 is 50.7 Å². The fourth-order valence-corrected chi connectivity index (χ4v) is 6.16. The number of ether oxygens (including phenoxy) is 2. The Kier molecular flexibility index (Phi) is 9.47. The van der Waals surface area contributed by atoms with Gasteiger partial charge in [0.1, 0.15) is 30.0 Å². The van der Waals surface area contributed by atoms with Gasteiger partial charge in [-0.15, -0.1) is 5.10 Å². The normalized spacial score (nSPS) is 27.8. The molecule has 42 heavy (non-hydrogen) atoms. The van der Waals surface area contributed by atoms with E-state index in [1.165, 1.54) is 48.5 Å².